The molecule has 8 nitrogen and oxygen atoms in total. The van der Waals surface area contributed by atoms with Crippen LogP contribution in [0.2, 0.25) is 0 Å². The normalized spacial score (nSPS) is 18.7. The zero-order chi connectivity index (χ0) is 19.0. The van der Waals surface area contributed by atoms with Crippen molar-refractivity contribution in [3.63, 3.8) is 0 Å². The maximum Gasteiger partial charge on any atom is 0.552 e. The number of carbonyl (C=O) groups excluding carboxylic acids is 1. The number of ether oxygens (including phenoxy) is 1. The Morgan fingerprint density at radius 1 is 1.48 bits per heavy atom. The van der Waals surface area contributed by atoms with Crippen LogP contribution in [0.5, 0.6) is 5.75 Å². The van der Waals surface area contributed by atoms with E-state index in [1.54, 1.807) is 23.0 Å². The molecule has 4 N–H and O–H groups in total. The lowest BCUT2D eigenvalue weighted by Gasteiger charge is -2.22. The molecule has 0 aliphatic carbocycles. The lowest BCUT2D eigenvalue weighted by Crippen LogP contribution is -2.22. The number of primary amides is 1. The highest BCUT2D eigenvalue weighted by molar-refractivity contribution is 6.51. The number of nitrogens with zero attached hydrogens (tertiary/aromatic N) is 2. The Balaban J connectivity index is 1.64. The summed E-state index contributed by atoms with van der Waals surface area (Å²) in [6, 6.07) is 2.86. The number of halogens is 1. The molecule has 140 valence electrons. The highest BCUT2D eigenvalue weighted by Crippen LogP contribution is 2.33. The molecule has 1 aromatic heterocycles. The molecule has 0 saturated carbocycles. The second kappa shape index (κ2) is 7.05. The minimum atomic E-state index is -1.18. The SMILES string of the molecule is NC(=O)c1cn(C2CCCOC2)nc1Nc1cc(F)c2c(c1)C=CB(O)O2. The first kappa shape index (κ1) is 17.6. The molecule has 0 bridgehead atoms. The lowest BCUT2D eigenvalue weighted by molar-refractivity contribution is 0.0550. The largest absolute Gasteiger partial charge is 0.552 e. The summed E-state index contributed by atoms with van der Waals surface area (Å²) in [5.74, 6) is 0.339. The van der Waals surface area contributed by atoms with Crippen molar-refractivity contribution < 1.29 is 23.6 Å². The van der Waals surface area contributed by atoms with E-state index in [4.69, 9.17) is 15.1 Å². The number of rotatable bonds is 4. The van der Waals surface area contributed by atoms with Gasteiger partial charge in [0.2, 0.25) is 0 Å². The number of anilines is 2. The van der Waals surface area contributed by atoms with E-state index < -0.39 is 18.8 Å². The summed E-state index contributed by atoms with van der Waals surface area (Å²) in [6.45, 7) is 1.22. The number of carbonyl (C=O) groups is 1. The second-order valence-corrected chi connectivity index (χ2v) is 6.48. The van der Waals surface area contributed by atoms with Crippen LogP contribution < -0.4 is 15.7 Å². The van der Waals surface area contributed by atoms with E-state index in [1.165, 1.54) is 12.0 Å². The zero-order valence-electron chi connectivity index (χ0n) is 14.4. The number of amides is 1. The van der Waals surface area contributed by atoms with E-state index in [9.17, 15) is 14.2 Å². The van der Waals surface area contributed by atoms with E-state index in [0.717, 1.165) is 12.8 Å². The first-order chi connectivity index (χ1) is 13.0. The van der Waals surface area contributed by atoms with Crippen molar-refractivity contribution >= 4 is 30.6 Å². The fourth-order valence-corrected chi connectivity index (χ4v) is 3.20. The highest BCUT2D eigenvalue weighted by atomic mass is 19.1. The molecular weight excluding hydrogens is 354 g/mol. The standard InChI is InChI=1S/C17H18BFN4O4/c19-14-7-11(6-10-3-4-18(25)27-15(10)14)21-17-13(16(20)24)8-23(22-17)12-2-1-5-26-9-12/h3-4,6-8,12,25H,1-2,5,9H2,(H2,20,24)(H,21,22). The number of benzene rings is 1. The van der Waals surface area contributed by atoms with Gasteiger partial charge < -0.3 is 25.5 Å². The molecule has 2 aliphatic heterocycles. The lowest BCUT2D eigenvalue weighted by atomic mass is 9.86. The minimum Gasteiger partial charge on any atom is -0.530 e. The molecular formula is C17H18BFN4O4. The third kappa shape index (κ3) is 3.53. The molecule has 2 aliphatic rings. The average molecular weight is 372 g/mol. The van der Waals surface area contributed by atoms with E-state index in [1.807, 2.05) is 0 Å². The summed E-state index contributed by atoms with van der Waals surface area (Å²) < 4.78 is 26.5. The van der Waals surface area contributed by atoms with Gasteiger partial charge in [-0.15, -0.1) is 0 Å². The molecule has 1 amide bonds. The number of hydrogen-bond donors (Lipinski definition) is 3. The van der Waals surface area contributed by atoms with E-state index >= 15 is 0 Å². The second-order valence-electron chi connectivity index (χ2n) is 6.48. The third-order valence-corrected chi connectivity index (χ3v) is 4.52. The van der Waals surface area contributed by atoms with Crippen molar-refractivity contribution in [3.05, 3.63) is 41.2 Å². The van der Waals surface area contributed by atoms with Gasteiger partial charge in [-0.25, -0.2) is 4.39 Å². The Kier molecular flexibility index (Phi) is 4.58. The van der Waals surface area contributed by atoms with Crippen LogP contribution in [0, 0.1) is 5.82 Å². The molecule has 4 rings (SSSR count). The summed E-state index contributed by atoms with van der Waals surface area (Å²) in [7, 11) is -1.18. The smallest absolute Gasteiger partial charge is 0.530 e. The van der Waals surface area contributed by atoms with Crippen LogP contribution in [0.15, 0.2) is 24.3 Å². The van der Waals surface area contributed by atoms with Gasteiger partial charge in [0.25, 0.3) is 5.91 Å². The van der Waals surface area contributed by atoms with E-state index in [2.05, 4.69) is 10.4 Å². The summed E-state index contributed by atoms with van der Waals surface area (Å²) in [5.41, 5.74) is 6.52. The Morgan fingerprint density at radius 3 is 3.07 bits per heavy atom. The molecule has 1 atom stereocenters. The molecule has 10 heteroatoms. The topological polar surface area (TPSA) is 112 Å². The molecule has 0 spiro atoms. The molecule has 3 heterocycles. The molecule has 1 saturated heterocycles. The molecule has 0 radical (unpaired) electrons. The Hall–Kier alpha value is -2.85. The van der Waals surface area contributed by atoms with Gasteiger partial charge in [0.15, 0.2) is 11.6 Å². The third-order valence-electron chi connectivity index (χ3n) is 4.52. The highest BCUT2D eigenvalue weighted by Gasteiger charge is 2.24. The Morgan fingerprint density at radius 2 is 2.33 bits per heavy atom. The zero-order valence-corrected chi connectivity index (χ0v) is 14.4. The Bertz CT molecular complexity index is 911. The number of fused-ring (bicyclic) bond motifs is 1. The van der Waals surface area contributed by atoms with Crippen molar-refractivity contribution in [3.8, 4) is 5.75 Å². The fraction of sp³-hybridized carbons (Fsp3) is 0.294. The number of hydrogen-bond acceptors (Lipinski definition) is 6. The molecule has 1 unspecified atom stereocenters. The summed E-state index contributed by atoms with van der Waals surface area (Å²) in [5, 5.41) is 16.8. The Labute approximate surface area is 154 Å². The van der Waals surface area contributed by atoms with Gasteiger partial charge in [-0.05, 0) is 24.9 Å². The number of nitrogens with two attached hydrogens (primary N) is 1. The van der Waals surface area contributed by atoms with Crippen LogP contribution in [0.3, 0.4) is 0 Å². The first-order valence-electron chi connectivity index (χ1n) is 8.61. The van der Waals surface area contributed by atoms with Gasteiger partial charge in [0.1, 0.15) is 11.3 Å². The fourth-order valence-electron chi connectivity index (χ4n) is 3.20. The average Bonchev–Trinajstić information content (AvgIpc) is 3.07. The van der Waals surface area contributed by atoms with Gasteiger partial charge >= 0.3 is 7.12 Å². The van der Waals surface area contributed by atoms with E-state index in [-0.39, 0.29) is 23.2 Å². The summed E-state index contributed by atoms with van der Waals surface area (Å²) >= 11 is 0. The molecule has 27 heavy (non-hydrogen) atoms. The predicted octanol–water partition coefficient (Wildman–Crippen LogP) is 1.64. The predicted molar refractivity (Wildman–Crippen MR) is 97.2 cm³/mol. The minimum absolute atomic E-state index is 0.0190. The number of nitrogens with one attached hydrogen (secondary N) is 1. The summed E-state index contributed by atoms with van der Waals surface area (Å²) in [4.78, 5) is 11.8. The van der Waals surface area contributed by atoms with Crippen LogP contribution >= 0.6 is 0 Å². The van der Waals surface area contributed by atoms with Crippen molar-refractivity contribution in [1.29, 1.82) is 0 Å². The molecule has 1 fully saturated rings. The van der Waals surface area contributed by atoms with Gasteiger partial charge in [0.05, 0.1) is 12.6 Å². The maximum absolute atomic E-state index is 14.3. The van der Waals surface area contributed by atoms with Gasteiger partial charge in [-0.3, -0.25) is 9.48 Å². The molecule has 2 aromatic rings. The maximum atomic E-state index is 14.3. The molecule has 1 aromatic carbocycles. The van der Waals surface area contributed by atoms with Crippen molar-refractivity contribution in [2.24, 2.45) is 5.73 Å². The van der Waals surface area contributed by atoms with Crippen molar-refractivity contribution in [2.75, 3.05) is 18.5 Å². The van der Waals surface area contributed by atoms with Crippen LogP contribution in [-0.2, 0) is 4.74 Å². The first-order valence-corrected chi connectivity index (χ1v) is 8.61. The van der Waals surface area contributed by atoms with Gasteiger partial charge in [0, 0.05) is 30.1 Å². The van der Waals surface area contributed by atoms with Gasteiger partial charge in [-0.1, -0.05) is 6.08 Å². The number of aromatic nitrogens is 2. The van der Waals surface area contributed by atoms with Crippen LogP contribution in [-0.4, -0.2) is 41.0 Å². The van der Waals surface area contributed by atoms with Crippen molar-refractivity contribution in [1.82, 2.24) is 9.78 Å². The summed E-state index contributed by atoms with van der Waals surface area (Å²) in [6.07, 6.45) is 4.94. The van der Waals surface area contributed by atoms with Crippen LogP contribution in [0.4, 0.5) is 15.9 Å². The van der Waals surface area contributed by atoms with Crippen molar-refractivity contribution in [2.45, 2.75) is 18.9 Å². The quantitative estimate of drug-likeness (QED) is 0.704. The van der Waals surface area contributed by atoms with E-state index in [0.29, 0.717) is 24.5 Å². The van der Waals surface area contributed by atoms with Gasteiger partial charge in [-0.2, -0.15) is 5.10 Å². The monoisotopic (exact) mass is 372 g/mol. The van der Waals surface area contributed by atoms with Crippen LogP contribution in [0.1, 0.15) is 34.8 Å². The van der Waals surface area contributed by atoms with Crippen LogP contribution in [0.25, 0.3) is 6.08 Å².